The van der Waals surface area contributed by atoms with Crippen molar-refractivity contribution in [2.45, 2.75) is 59.8 Å². The fraction of sp³-hybridized carbons (Fsp3) is 1.00. The van der Waals surface area contributed by atoms with Gasteiger partial charge in [-0.25, -0.2) is 0 Å². The normalized spacial score (nSPS) is 19.2. The van der Waals surface area contributed by atoms with E-state index in [1.807, 2.05) is 48.5 Å². The van der Waals surface area contributed by atoms with Gasteiger partial charge in [-0.1, -0.05) is 20.8 Å². The third-order valence-corrected chi connectivity index (χ3v) is 5.18. The first-order chi connectivity index (χ1) is 7.34. The van der Waals surface area contributed by atoms with Gasteiger partial charge in [0.15, 0.2) is 0 Å². The zero-order valence-electron chi connectivity index (χ0n) is 12.4. The second-order valence-electron chi connectivity index (χ2n) is 6.58. The molecule has 0 saturated heterocycles. The van der Waals surface area contributed by atoms with Crippen LogP contribution in [0.4, 0.5) is 0 Å². The van der Waals surface area contributed by atoms with Crippen molar-refractivity contribution in [3.8, 4) is 0 Å². The summed E-state index contributed by atoms with van der Waals surface area (Å²) in [5.74, 6) is -0.519. The zero-order valence-corrected chi connectivity index (χ0v) is 13.3. The lowest BCUT2D eigenvalue weighted by atomic mass is 9.94. The van der Waals surface area contributed by atoms with Crippen LogP contribution in [-0.2, 0) is 9.09 Å². The Bertz CT molecular complexity index is 291. The number of nitrogens with zero attached hydrogens (tertiary/aromatic N) is 1. The van der Waals surface area contributed by atoms with Crippen molar-refractivity contribution in [2.75, 3.05) is 13.3 Å². The van der Waals surface area contributed by atoms with Gasteiger partial charge in [-0.05, 0) is 33.1 Å². The van der Waals surface area contributed by atoms with Gasteiger partial charge >= 0.3 is 0 Å². The molecule has 0 radical (unpaired) electrons. The zero-order chi connectivity index (χ0) is 14.1. The first-order valence-corrected chi connectivity index (χ1v) is 8.18. The van der Waals surface area contributed by atoms with Crippen molar-refractivity contribution in [1.29, 1.82) is 0 Å². The molecule has 0 rings (SSSR count). The van der Waals surface area contributed by atoms with Crippen LogP contribution >= 0.6 is 7.37 Å². The molecule has 0 bridgehead atoms. The summed E-state index contributed by atoms with van der Waals surface area (Å²) in [5.41, 5.74) is -0.803. The highest BCUT2D eigenvalue weighted by atomic mass is 31.2. The molecule has 0 aliphatic carbocycles. The van der Waals surface area contributed by atoms with Crippen LogP contribution in [0.5, 0.6) is 0 Å². The molecule has 0 heterocycles. The Hall–Kier alpha value is 0.110. The van der Waals surface area contributed by atoms with Crippen LogP contribution in [0.3, 0.4) is 0 Å². The Morgan fingerprint density at radius 1 is 1.24 bits per heavy atom. The Morgan fingerprint density at radius 3 is 1.88 bits per heavy atom. The average molecular weight is 265 g/mol. The summed E-state index contributed by atoms with van der Waals surface area (Å²) >= 11 is 0. The van der Waals surface area contributed by atoms with Gasteiger partial charge in [0, 0.05) is 12.2 Å². The molecule has 0 aliphatic heterocycles. The summed E-state index contributed by atoms with van der Waals surface area (Å²) < 4.78 is 18.0. The Kier molecular flexibility index (Phi) is 5.43. The summed E-state index contributed by atoms with van der Waals surface area (Å²) in [4.78, 5) is 0. The van der Waals surface area contributed by atoms with Crippen molar-refractivity contribution < 1.29 is 14.3 Å². The molecule has 0 spiro atoms. The molecule has 1 N–H and O–H groups in total. The molecule has 0 fully saturated rings. The first-order valence-electron chi connectivity index (χ1n) is 6.04. The van der Waals surface area contributed by atoms with Crippen LogP contribution in [-0.4, -0.2) is 34.9 Å². The van der Waals surface area contributed by atoms with E-state index in [0.717, 1.165) is 0 Å². The first kappa shape index (κ1) is 17.1. The van der Waals surface area contributed by atoms with E-state index in [1.54, 1.807) is 6.66 Å². The highest BCUT2D eigenvalue weighted by Gasteiger charge is 2.46. The molecule has 5 heteroatoms. The highest BCUT2D eigenvalue weighted by Crippen LogP contribution is 2.56. The van der Waals surface area contributed by atoms with Crippen LogP contribution in [0.15, 0.2) is 0 Å². The molecule has 0 amide bonds. The Morgan fingerprint density at radius 2 is 1.65 bits per heavy atom. The minimum Gasteiger partial charge on any atom is -0.328 e. The topological polar surface area (TPSA) is 49.8 Å². The third-order valence-electron chi connectivity index (χ3n) is 2.52. The number of hydroxylamine groups is 2. The fourth-order valence-corrected chi connectivity index (χ4v) is 4.77. The molecule has 4 nitrogen and oxygen atoms in total. The van der Waals surface area contributed by atoms with Gasteiger partial charge in [-0.15, -0.1) is 0 Å². The monoisotopic (exact) mass is 265 g/mol. The molecule has 0 aromatic rings. The van der Waals surface area contributed by atoms with Crippen LogP contribution in [0.25, 0.3) is 0 Å². The Labute approximate surface area is 106 Å². The minimum absolute atomic E-state index is 0.332. The summed E-state index contributed by atoms with van der Waals surface area (Å²) in [6.07, 6.45) is 0. The highest BCUT2D eigenvalue weighted by molar-refractivity contribution is 7.58. The van der Waals surface area contributed by atoms with Gasteiger partial charge in [0.25, 0.3) is 0 Å². The van der Waals surface area contributed by atoms with E-state index < -0.39 is 18.7 Å². The quantitative estimate of drug-likeness (QED) is 0.620. The molecular weight excluding hydrogens is 237 g/mol. The molecule has 0 aliphatic rings. The molecule has 2 unspecified atom stereocenters. The Balaban J connectivity index is 5.39. The smallest absolute Gasteiger partial charge is 0.219 e. The van der Waals surface area contributed by atoms with Crippen LogP contribution in [0, 0.1) is 5.41 Å². The standard InChI is InChI=1S/C12H28NO3P/c1-9-16-17(8,15)10(11(2,3)4)13(14)12(5,6)7/h10,14H,9H2,1-8H3. The molecular formula is C12H28NO3P. The average Bonchev–Trinajstić information content (AvgIpc) is 1.97. The fourth-order valence-electron chi connectivity index (χ4n) is 1.96. The molecule has 2 atom stereocenters. The van der Waals surface area contributed by atoms with Gasteiger partial charge in [0.05, 0.1) is 6.61 Å². The largest absolute Gasteiger partial charge is 0.328 e. The lowest BCUT2D eigenvalue weighted by molar-refractivity contribution is -0.188. The van der Waals surface area contributed by atoms with E-state index in [4.69, 9.17) is 4.52 Å². The van der Waals surface area contributed by atoms with Gasteiger partial charge in [0.2, 0.25) is 7.37 Å². The van der Waals surface area contributed by atoms with Gasteiger partial charge in [-0.2, -0.15) is 5.06 Å². The van der Waals surface area contributed by atoms with E-state index in [1.165, 1.54) is 5.06 Å². The summed E-state index contributed by atoms with van der Waals surface area (Å²) in [5, 5.41) is 11.5. The van der Waals surface area contributed by atoms with E-state index in [9.17, 15) is 9.77 Å². The molecule has 0 aromatic carbocycles. The maximum Gasteiger partial charge on any atom is 0.219 e. The molecule has 104 valence electrons. The van der Waals surface area contributed by atoms with Crippen LogP contribution < -0.4 is 0 Å². The van der Waals surface area contributed by atoms with Gasteiger partial charge in [0.1, 0.15) is 5.78 Å². The third kappa shape index (κ3) is 4.70. The lowest BCUT2D eigenvalue weighted by Crippen LogP contribution is -2.51. The molecule has 0 aromatic heterocycles. The number of rotatable bonds is 4. The lowest BCUT2D eigenvalue weighted by Gasteiger charge is -2.44. The van der Waals surface area contributed by atoms with E-state index >= 15 is 0 Å². The molecule has 0 saturated carbocycles. The minimum atomic E-state index is -2.90. The SMILES string of the molecule is CCOP(C)(=O)C(N(O)C(C)(C)C)C(C)(C)C. The van der Waals surface area contributed by atoms with Crippen molar-refractivity contribution in [1.82, 2.24) is 5.06 Å². The van der Waals surface area contributed by atoms with Crippen molar-refractivity contribution in [2.24, 2.45) is 5.41 Å². The number of hydrogen-bond acceptors (Lipinski definition) is 4. The van der Waals surface area contributed by atoms with E-state index in [0.29, 0.717) is 6.61 Å². The predicted molar refractivity (Wildman–Crippen MR) is 71.8 cm³/mol. The maximum absolute atomic E-state index is 12.6. The summed E-state index contributed by atoms with van der Waals surface area (Å²) in [7, 11) is -2.90. The van der Waals surface area contributed by atoms with Crippen molar-refractivity contribution in [3.63, 3.8) is 0 Å². The second kappa shape index (κ2) is 5.40. The second-order valence-corrected chi connectivity index (χ2v) is 9.15. The summed E-state index contributed by atoms with van der Waals surface area (Å²) in [6.45, 7) is 15.3. The van der Waals surface area contributed by atoms with Gasteiger partial charge in [-0.3, -0.25) is 4.57 Å². The summed E-state index contributed by atoms with van der Waals surface area (Å²) in [6, 6.07) is 0. The molecule has 17 heavy (non-hydrogen) atoms. The maximum atomic E-state index is 12.6. The van der Waals surface area contributed by atoms with E-state index in [-0.39, 0.29) is 5.41 Å². The van der Waals surface area contributed by atoms with Crippen molar-refractivity contribution >= 4 is 7.37 Å². The number of hydrogen-bond donors (Lipinski definition) is 1. The van der Waals surface area contributed by atoms with E-state index in [2.05, 4.69) is 0 Å². The van der Waals surface area contributed by atoms with Crippen LogP contribution in [0.1, 0.15) is 48.5 Å². The predicted octanol–water partition coefficient (Wildman–Crippen LogP) is 3.79. The van der Waals surface area contributed by atoms with Gasteiger partial charge < -0.3 is 9.73 Å². The van der Waals surface area contributed by atoms with Crippen LogP contribution in [0.2, 0.25) is 0 Å². The van der Waals surface area contributed by atoms with Crippen molar-refractivity contribution in [3.05, 3.63) is 0 Å².